The van der Waals surface area contributed by atoms with Crippen LogP contribution in [0.15, 0.2) is 40.9 Å². The maximum atomic E-state index is 13.5. The lowest BCUT2D eigenvalue weighted by Gasteiger charge is -2.05. The molecular formula is C14H8BrClF2O. The van der Waals surface area contributed by atoms with Crippen LogP contribution in [0.2, 0.25) is 5.02 Å². The molecule has 0 spiro atoms. The van der Waals surface area contributed by atoms with E-state index >= 15 is 0 Å². The molecule has 0 saturated carbocycles. The van der Waals surface area contributed by atoms with Crippen molar-refractivity contribution in [2.75, 3.05) is 0 Å². The molecule has 0 aromatic heterocycles. The first-order valence-electron chi connectivity index (χ1n) is 5.40. The fraction of sp³-hybridized carbons (Fsp3) is 0.0714. The Hall–Kier alpha value is -1.26. The molecule has 0 N–H and O–H groups in total. The quantitative estimate of drug-likeness (QED) is 0.730. The first kappa shape index (κ1) is 14.2. The SMILES string of the molecule is O=C(Cc1cccc(F)c1F)c1ccc(Br)c(Cl)c1. The van der Waals surface area contributed by atoms with Crippen LogP contribution < -0.4 is 0 Å². The summed E-state index contributed by atoms with van der Waals surface area (Å²) in [6.45, 7) is 0. The standard InChI is InChI=1S/C14H8BrClF2O/c15-10-5-4-8(6-11(10)16)13(19)7-9-2-1-3-12(17)14(9)18/h1-6H,7H2. The van der Waals surface area contributed by atoms with Crippen LogP contribution in [-0.2, 0) is 6.42 Å². The summed E-state index contributed by atoms with van der Waals surface area (Å²) in [7, 11) is 0. The summed E-state index contributed by atoms with van der Waals surface area (Å²) >= 11 is 9.10. The number of benzene rings is 2. The number of carbonyl (C=O) groups excluding carboxylic acids is 1. The van der Waals surface area contributed by atoms with Gasteiger partial charge in [-0.1, -0.05) is 29.8 Å². The summed E-state index contributed by atoms with van der Waals surface area (Å²) in [5, 5.41) is 0.394. The normalized spacial score (nSPS) is 10.5. The van der Waals surface area contributed by atoms with Gasteiger partial charge in [-0.05, 0) is 39.7 Å². The van der Waals surface area contributed by atoms with Gasteiger partial charge in [0, 0.05) is 16.5 Å². The second-order valence-corrected chi connectivity index (χ2v) is 5.20. The van der Waals surface area contributed by atoms with Gasteiger partial charge in [-0.15, -0.1) is 0 Å². The van der Waals surface area contributed by atoms with E-state index < -0.39 is 11.6 Å². The maximum absolute atomic E-state index is 13.5. The van der Waals surface area contributed by atoms with Crippen molar-refractivity contribution in [2.24, 2.45) is 0 Å². The molecule has 0 unspecified atom stereocenters. The van der Waals surface area contributed by atoms with Crippen LogP contribution in [0.25, 0.3) is 0 Å². The zero-order chi connectivity index (χ0) is 14.0. The monoisotopic (exact) mass is 344 g/mol. The smallest absolute Gasteiger partial charge is 0.167 e. The Balaban J connectivity index is 2.26. The minimum atomic E-state index is -0.987. The number of halogens is 4. The van der Waals surface area contributed by atoms with Gasteiger partial charge in [-0.2, -0.15) is 0 Å². The summed E-state index contributed by atoms with van der Waals surface area (Å²) in [6, 6.07) is 8.48. The Morgan fingerprint density at radius 2 is 1.95 bits per heavy atom. The van der Waals surface area contributed by atoms with Crippen molar-refractivity contribution < 1.29 is 13.6 Å². The summed E-state index contributed by atoms with van der Waals surface area (Å²) in [6.07, 6.45) is -0.207. The molecule has 0 amide bonds. The highest BCUT2D eigenvalue weighted by atomic mass is 79.9. The predicted octanol–water partition coefficient (Wildman–Crippen LogP) is 4.81. The van der Waals surface area contributed by atoms with Crippen molar-refractivity contribution in [3.05, 3.63) is 68.7 Å². The number of carbonyl (C=O) groups is 1. The van der Waals surface area contributed by atoms with Crippen molar-refractivity contribution in [1.29, 1.82) is 0 Å². The topological polar surface area (TPSA) is 17.1 Å². The Labute approximate surface area is 122 Å². The number of hydrogen-bond donors (Lipinski definition) is 0. The lowest BCUT2D eigenvalue weighted by atomic mass is 10.0. The zero-order valence-corrected chi connectivity index (χ0v) is 11.9. The van der Waals surface area contributed by atoms with E-state index in [4.69, 9.17) is 11.6 Å². The zero-order valence-electron chi connectivity index (χ0n) is 9.59. The highest BCUT2D eigenvalue weighted by molar-refractivity contribution is 9.10. The van der Waals surface area contributed by atoms with Crippen molar-refractivity contribution in [2.45, 2.75) is 6.42 Å². The van der Waals surface area contributed by atoms with Crippen molar-refractivity contribution in [3.63, 3.8) is 0 Å². The molecule has 19 heavy (non-hydrogen) atoms. The molecule has 0 aliphatic heterocycles. The van der Waals surface area contributed by atoms with Crippen LogP contribution in [0.5, 0.6) is 0 Å². The van der Waals surface area contributed by atoms with Crippen LogP contribution in [0.3, 0.4) is 0 Å². The molecule has 0 radical (unpaired) electrons. The molecular weight excluding hydrogens is 338 g/mol. The molecule has 0 bridgehead atoms. The van der Waals surface area contributed by atoms with Gasteiger partial charge in [0.2, 0.25) is 0 Å². The molecule has 2 aromatic rings. The van der Waals surface area contributed by atoms with E-state index in [1.807, 2.05) is 0 Å². The molecule has 0 atom stereocenters. The van der Waals surface area contributed by atoms with E-state index in [0.29, 0.717) is 15.1 Å². The highest BCUT2D eigenvalue weighted by Crippen LogP contribution is 2.24. The Bertz CT molecular complexity index is 643. The van der Waals surface area contributed by atoms with Crippen LogP contribution in [-0.4, -0.2) is 5.78 Å². The average molecular weight is 346 g/mol. The molecule has 98 valence electrons. The lowest BCUT2D eigenvalue weighted by molar-refractivity contribution is 0.0991. The fourth-order valence-electron chi connectivity index (χ4n) is 1.63. The van der Waals surface area contributed by atoms with Crippen molar-refractivity contribution >= 4 is 33.3 Å². The van der Waals surface area contributed by atoms with Crippen LogP contribution >= 0.6 is 27.5 Å². The van der Waals surface area contributed by atoms with Crippen molar-refractivity contribution in [3.8, 4) is 0 Å². The lowest BCUT2D eigenvalue weighted by Crippen LogP contribution is -2.06. The number of hydrogen-bond acceptors (Lipinski definition) is 1. The van der Waals surface area contributed by atoms with Crippen LogP contribution in [0.1, 0.15) is 15.9 Å². The molecule has 5 heteroatoms. The van der Waals surface area contributed by atoms with E-state index in [2.05, 4.69) is 15.9 Å². The molecule has 1 nitrogen and oxygen atoms in total. The third kappa shape index (κ3) is 3.19. The van der Waals surface area contributed by atoms with Gasteiger partial charge in [0.05, 0.1) is 5.02 Å². The summed E-state index contributed by atoms with van der Waals surface area (Å²) < 4.78 is 27.2. The average Bonchev–Trinajstić information content (AvgIpc) is 2.38. The van der Waals surface area contributed by atoms with Gasteiger partial charge in [0.15, 0.2) is 17.4 Å². The van der Waals surface area contributed by atoms with Gasteiger partial charge in [-0.3, -0.25) is 4.79 Å². The van der Waals surface area contributed by atoms with E-state index in [1.165, 1.54) is 18.2 Å². The molecule has 0 heterocycles. The fourth-order valence-corrected chi connectivity index (χ4v) is 2.06. The van der Waals surface area contributed by atoms with Gasteiger partial charge >= 0.3 is 0 Å². The Morgan fingerprint density at radius 3 is 2.63 bits per heavy atom. The predicted molar refractivity (Wildman–Crippen MR) is 73.5 cm³/mol. The molecule has 0 fully saturated rings. The second-order valence-electron chi connectivity index (χ2n) is 3.94. The van der Waals surface area contributed by atoms with E-state index in [-0.39, 0.29) is 17.8 Å². The van der Waals surface area contributed by atoms with Crippen LogP contribution in [0, 0.1) is 11.6 Å². The van der Waals surface area contributed by atoms with E-state index in [9.17, 15) is 13.6 Å². The molecule has 2 aromatic carbocycles. The van der Waals surface area contributed by atoms with E-state index in [0.717, 1.165) is 6.07 Å². The van der Waals surface area contributed by atoms with Gasteiger partial charge in [0.1, 0.15) is 0 Å². The third-order valence-electron chi connectivity index (χ3n) is 2.62. The molecule has 0 saturated heterocycles. The maximum Gasteiger partial charge on any atom is 0.167 e. The van der Waals surface area contributed by atoms with Crippen LogP contribution in [0.4, 0.5) is 8.78 Å². The first-order chi connectivity index (χ1) is 8.99. The minimum Gasteiger partial charge on any atom is -0.294 e. The van der Waals surface area contributed by atoms with Gasteiger partial charge < -0.3 is 0 Å². The number of Topliss-reactive ketones (excluding diaryl/α,β-unsaturated/α-hetero) is 1. The van der Waals surface area contributed by atoms with Gasteiger partial charge in [-0.25, -0.2) is 8.78 Å². The largest absolute Gasteiger partial charge is 0.294 e. The second kappa shape index (κ2) is 5.80. The summed E-state index contributed by atoms with van der Waals surface area (Å²) in [4.78, 5) is 12.0. The third-order valence-corrected chi connectivity index (χ3v) is 3.86. The summed E-state index contributed by atoms with van der Waals surface area (Å²) in [5.74, 6) is -2.27. The Morgan fingerprint density at radius 1 is 1.21 bits per heavy atom. The minimum absolute atomic E-state index is 0.0315. The van der Waals surface area contributed by atoms with E-state index in [1.54, 1.807) is 12.1 Å². The number of ketones is 1. The first-order valence-corrected chi connectivity index (χ1v) is 6.57. The van der Waals surface area contributed by atoms with Crippen molar-refractivity contribution in [1.82, 2.24) is 0 Å². The Kier molecular flexibility index (Phi) is 4.32. The molecule has 0 aliphatic carbocycles. The molecule has 0 aliphatic rings. The molecule has 2 rings (SSSR count). The highest BCUT2D eigenvalue weighted by Gasteiger charge is 2.14. The van der Waals surface area contributed by atoms with Gasteiger partial charge in [0.25, 0.3) is 0 Å². The number of rotatable bonds is 3. The summed E-state index contributed by atoms with van der Waals surface area (Å²) in [5.41, 5.74) is 0.390.